The number of halogens is 2. The Balaban J connectivity index is 1.24. The molecule has 0 atom stereocenters. The molecule has 1 aromatic heterocycles. The zero-order chi connectivity index (χ0) is 24.9. The average Bonchev–Trinajstić information content (AvgIpc) is 3.60. The summed E-state index contributed by atoms with van der Waals surface area (Å²) >= 11 is 12.0. The molecule has 2 fully saturated rings. The topological polar surface area (TPSA) is 95.8 Å². The van der Waals surface area contributed by atoms with E-state index in [1.165, 1.54) is 12.1 Å². The van der Waals surface area contributed by atoms with Crippen LogP contribution in [0.4, 0.5) is 17.8 Å². The van der Waals surface area contributed by atoms with Gasteiger partial charge in [0.2, 0.25) is 17.8 Å². The van der Waals surface area contributed by atoms with Gasteiger partial charge in [-0.3, -0.25) is 0 Å². The zero-order valence-corrected chi connectivity index (χ0v) is 21.0. The smallest absolute Gasteiger partial charge is 0.345 e. The van der Waals surface area contributed by atoms with Gasteiger partial charge in [-0.2, -0.15) is 20.1 Å². The van der Waals surface area contributed by atoms with E-state index >= 15 is 0 Å². The van der Waals surface area contributed by atoms with Crippen molar-refractivity contribution in [3.63, 3.8) is 0 Å². The molecule has 0 amide bonds. The van der Waals surface area contributed by atoms with E-state index < -0.39 is 5.97 Å². The minimum atomic E-state index is -0.558. The summed E-state index contributed by atoms with van der Waals surface area (Å²) in [7, 11) is 0. The van der Waals surface area contributed by atoms with Gasteiger partial charge in [0.15, 0.2) is 0 Å². The van der Waals surface area contributed by atoms with Gasteiger partial charge in [0.25, 0.3) is 0 Å². The molecule has 3 heterocycles. The Bertz CT molecular complexity index is 1220. The highest BCUT2D eigenvalue weighted by Crippen LogP contribution is 2.24. The van der Waals surface area contributed by atoms with E-state index in [0.717, 1.165) is 57.4 Å². The summed E-state index contributed by atoms with van der Waals surface area (Å²) in [6.45, 7) is 3.81. The molecule has 2 aromatic carbocycles. The van der Waals surface area contributed by atoms with E-state index in [-0.39, 0.29) is 10.6 Å². The summed E-state index contributed by atoms with van der Waals surface area (Å²) in [5, 5.41) is 4.99. The van der Waals surface area contributed by atoms with E-state index in [2.05, 4.69) is 30.3 Å². The van der Waals surface area contributed by atoms with E-state index in [1.54, 1.807) is 36.5 Å². The molecule has 0 spiro atoms. The first kappa shape index (κ1) is 24.3. The van der Waals surface area contributed by atoms with E-state index in [1.807, 2.05) is 0 Å². The Labute approximate surface area is 219 Å². The van der Waals surface area contributed by atoms with Crippen LogP contribution in [0.25, 0.3) is 0 Å². The van der Waals surface area contributed by atoms with E-state index in [0.29, 0.717) is 28.6 Å². The number of ether oxygens (including phenoxy) is 1. The number of carbonyl (C=O) groups excluding carboxylic acids is 1. The lowest BCUT2D eigenvalue weighted by molar-refractivity contribution is 0.0735. The van der Waals surface area contributed by atoms with Crippen LogP contribution in [0.2, 0.25) is 10.0 Å². The molecule has 0 aliphatic carbocycles. The normalized spacial score (nSPS) is 15.6. The van der Waals surface area contributed by atoms with Crippen LogP contribution in [0.15, 0.2) is 47.6 Å². The number of aromatic nitrogens is 3. The van der Waals surface area contributed by atoms with Gasteiger partial charge in [0, 0.05) is 31.2 Å². The molecule has 2 aliphatic rings. The summed E-state index contributed by atoms with van der Waals surface area (Å²) in [5.41, 5.74) is 3.99. The average molecular weight is 526 g/mol. The summed E-state index contributed by atoms with van der Waals surface area (Å²) in [6, 6.07) is 11.6. The Morgan fingerprint density at radius 1 is 0.889 bits per heavy atom. The molecule has 2 saturated heterocycles. The molecular weight excluding hydrogens is 501 g/mol. The number of benzene rings is 2. The molecule has 5 rings (SSSR count). The van der Waals surface area contributed by atoms with Crippen molar-refractivity contribution in [2.45, 2.75) is 25.7 Å². The highest BCUT2D eigenvalue weighted by molar-refractivity contribution is 6.36. The molecule has 3 aromatic rings. The second-order valence-corrected chi connectivity index (χ2v) is 9.44. The fourth-order valence-corrected chi connectivity index (χ4v) is 4.61. The van der Waals surface area contributed by atoms with Crippen LogP contribution in [0, 0.1) is 0 Å². The number of nitrogens with zero attached hydrogens (tertiary/aromatic N) is 6. The van der Waals surface area contributed by atoms with Crippen molar-refractivity contribution in [2.24, 2.45) is 5.10 Å². The third-order valence-electron chi connectivity index (χ3n) is 6.01. The first-order chi connectivity index (χ1) is 17.5. The molecule has 186 valence electrons. The van der Waals surface area contributed by atoms with Crippen LogP contribution in [0.5, 0.6) is 5.75 Å². The van der Waals surface area contributed by atoms with Gasteiger partial charge in [-0.1, -0.05) is 23.2 Å². The molecule has 0 radical (unpaired) electrons. The SMILES string of the molecule is O=C(Oc1ccc(/C=N\Nc2nc(N3CCCC3)nc(N3CCCC3)n2)cc1)c1ccc(Cl)cc1Cl. The minimum absolute atomic E-state index is 0.237. The number of hydrogen-bond acceptors (Lipinski definition) is 9. The van der Waals surface area contributed by atoms with Gasteiger partial charge in [0.1, 0.15) is 5.75 Å². The largest absolute Gasteiger partial charge is 0.423 e. The van der Waals surface area contributed by atoms with Crippen LogP contribution in [0.1, 0.15) is 41.6 Å². The van der Waals surface area contributed by atoms with Crippen LogP contribution in [-0.4, -0.2) is 53.3 Å². The predicted molar refractivity (Wildman–Crippen MR) is 142 cm³/mol. The van der Waals surface area contributed by atoms with Gasteiger partial charge < -0.3 is 14.5 Å². The predicted octanol–water partition coefficient (Wildman–Crippen LogP) is 5.04. The second-order valence-electron chi connectivity index (χ2n) is 8.60. The molecule has 9 nitrogen and oxygen atoms in total. The quantitative estimate of drug-likeness (QED) is 0.198. The molecule has 2 aliphatic heterocycles. The number of hydrazone groups is 1. The fraction of sp³-hybridized carbons (Fsp3) is 0.320. The highest BCUT2D eigenvalue weighted by atomic mass is 35.5. The number of esters is 1. The number of carbonyl (C=O) groups is 1. The van der Waals surface area contributed by atoms with Gasteiger partial charge in [-0.25, -0.2) is 10.2 Å². The summed E-state index contributed by atoms with van der Waals surface area (Å²) in [4.78, 5) is 30.6. The van der Waals surface area contributed by atoms with Gasteiger partial charge in [0.05, 0.1) is 16.8 Å². The van der Waals surface area contributed by atoms with E-state index in [4.69, 9.17) is 32.9 Å². The van der Waals surface area contributed by atoms with Crippen molar-refractivity contribution in [1.82, 2.24) is 15.0 Å². The second kappa shape index (κ2) is 11.1. The monoisotopic (exact) mass is 525 g/mol. The summed E-state index contributed by atoms with van der Waals surface area (Å²) in [5.74, 6) is 1.62. The first-order valence-electron chi connectivity index (χ1n) is 11.9. The minimum Gasteiger partial charge on any atom is -0.423 e. The summed E-state index contributed by atoms with van der Waals surface area (Å²) < 4.78 is 5.41. The zero-order valence-electron chi connectivity index (χ0n) is 19.5. The van der Waals surface area contributed by atoms with Gasteiger partial charge >= 0.3 is 5.97 Å². The van der Waals surface area contributed by atoms with Crippen molar-refractivity contribution in [2.75, 3.05) is 41.4 Å². The van der Waals surface area contributed by atoms with Gasteiger partial charge in [-0.15, -0.1) is 0 Å². The van der Waals surface area contributed by atoms with Crippen LogP contribution in [-0.2, 0) is 0 Å². The van der Waals surface area contributed by atoms with Crippen molar-refractivity contribution in [3.05, 3.63) is 63.6 Å². The van der Waals surface area contributed by atoms with Crippen LogP contribution >= 0.6 is 23.2 Å². The van der Waals surface area contributed by atoms with Crippen molar-refractivity contribution < 1.29 is 9.53 Å². The first-order valence-corrected chi connectivity index (χ1v) is 12.6. The highest BCUT2D eigenvalue weighted by Gasteiger charge is 2.21. The summed E-state index contributed by atoms with van der Waals surface area (Å²) in [6.07, 6.45) is 6.22. The lowest BCUT2D eigenvalue weighted by atomic mass is 10.2. The number of anilines is 3. The number of rotatable bonds is 7. The number of hydrogen-bond donors (Lipinski definition) is 1. The molecule has 36 heavy (non-hydrogen) atoms. The van der Waals surface area contributed by atoms with Crippen molar-refractivity contribution in [3.8, 4) is 5.75 Å². The maximum atomic E-state index is 12.4. The fourth-order valence-electron chi connectivity index (χ4n) is 4.12. The van der Waals surface area contributed by atoms with E-state index in [9.17, 15) is 4.79 Å². The van der Waals surface area contributed by atoms with Crippen molar-refractivity contribution in [1.29, 1.82) is 0 Å². The molecule has 1 N–H and O–H groups in total. The standard InChI is InChI=1S/C25H25Cl2N7O2/c26-18-7-10-20(21(27)15-18)22(35)36-19-8-5-17(6-9-19)16-28-32-23-29-24(33-11-1-2-12-33)31-25(30-23)34-13-3-4-14-34/h5-10,15-16H,1-4,11-14H2,(H,29,30,31,32)/b28-16-. The number of nitrogens with one attached hydrogen (secondary N) is 1. The molecule has 0 unspecified atom stereocenters. The Morgan fingerprint density at radius 3 is 2.08 bits per heavy atom. The van der Waals surface area contributed by atoms with Crippen LogP contribution < -0.4 is 20.0 Å². The lowest BCUT2D eigenvalue weighted by Gasteiger charge is -2.20. The molecule has 0 saturated carbocycles. The molecule has 0 bridgehead atoms. The van der Waals surface area contributed by atoms with Gasteiger partial charge in [-0.05, 0) is 73.7 Å². The Kier molecular flexibility index (Phi) is 7.48. The van der Waals surface area contributed by atoms with Crippen LogP contribution in [0.3, 0.4) is 0 Å². The maximum absolute atomic E-state index is 12.4. The molecular formula is C25H25Cl2N7O2. The maximum Gasteiger partial charge on any atom is 0.345 e. The lowest BCUT2D eigenvalue weighted by Crippen LogP contribution is -2.25. The molecule has 11 heteroatoms. The Morgan fingerprint density at radius 2 is 1.50 bits per heavy atom. The third-order valence-corrected chi connectivity index (χ3v) is 6.56. The third kappa shape index (κ3) is 5.85. The Hall–Kier alpha value is -3.43. The van der Waals surface area contributed by atoms with Crippen molar-refractivity contribution >= 4 is 53.2 Å².